The van der Waals surface area contributed by atoms with Gasteiger partial charge in [-0.3, -0.25) is 9.78 Å². The second-order valence-corrected chi connectivity index (χ2v) is 7.98. The molecule has 1 amide bonds. The highest BCUT2D eigenvalue weighted by molar-refractivity contribution is 6.03. The Bertz CT molecular complexity index is 1020. The molecule has 1 saturated carbocycles. The Labute approximate surface area is 168 Å². The van der Waals surface area contributed by atoms with Gasteiger partial charge in [-0.1, -0.05) is 6.07 Å². The smallest absolute Gasteiger partial charge is 0.255 e. The first-order valence-electron chi connectivity index (χ1n) is 9.66. The van der Waals surface area contributed by atoms with Crippen LogP contribution in [0.25, 0.3) is 16.6 Å². The van der Waals surface area contributed by atoms with Crippen LogP contribution in [0.15, 0.2) is 43.0 Å². The number of anilines is 1. The van der Waals surface area contributed by atoms with Gasteiger partial charge in [-0.15, -0.1) is 0 Å². The molecule has 3 N–H and O–H groups in total. The van der Waals surface area contributed by atoms with Crippen LogP contribution >= 0.6 is 0 Å². The maximum absolute atomic E-state index is 14.0. The van der Waals surface area contributed by atoms with Crippen molar-refractivity contribution in [3.8, 4) is 11.1 Å². The molecule has 0 unspecified atom stereocenters. The van der Waals surface area contributed by atoms with Crippen molar-refractivity contribution in [1.29, 1.82) is 0 Å². The Morgan fingerprint density at radius 2 is 2.17 bits per heavy atom. The number of nitrogens with zero attached hydrogens (tertiary/aromatic N) is 3. The van der Waals surface area contributed by atoms with Crippen LogP contribution in [0.1, 0.15) is 37.0 Å². The van der Waals surface area contributed by atoms with E-state index >= 15 is 0 Å². The molecule has 3 aromatic rings. The summed E-state index contributed by atoms with van der Waals surface area (Å²) in [6, 6.07) is 6.10. The minimum absolute atomic E-state index is 0.279. The highest BCUT2D eigenvalue weighted by atomic mass is 19.1. The van der Waals surface area contributed by atoms with E-state index in [2.05, 4.69) is 20.7 Å². The predicted octanol–water partition coefficient (Wildman–Crippen LogP) is 2.81. The van der Waals surface area contributed by atoms with E-state index in [1.54, 1.807) is 16.9 Å². The van der Waals surface area contributed by atoms with Crippen LogP contribution in [-0.2, 0) is 0 Å². The molecule has 0 aromatic carbocycles. The van der Waals surface area contributed by atoms with Crippen molar-refractivity contribution < 1.29 is 14.3 Å². The standard InChI is InChI=1S/C21H24FN5O2/c1-21(2,29)18(22)11-24-20(28)16-10-25-27-12-14(13-4-3-7-23-9-13)8-17(27)19(16)26-15-5-6-15/h3-4,7-10,12,15,18,26,29H,5-6,11H2,1-2H3,(H,24,28)/t18-/m1/s1. The van der Waals surface area contributed by atoms with Gasteiger partial charge in [0.05, 0.1) is 35.1 Å². The Morgan fingerprint density at radius 3 is 2.83 bits per heavy atom. The summed E-state index contributed by atoms with van der Waals surface area (Å²) in [5, 5.41) is 20.1. The van der Waals surface area contributed by atoms with Gasteiger partial charge >= 0.3 is 0 Å². The molecule has 1 fully saturated rings. The van der Waals surface area contributed by atoms with Gasteiger partial charge in [0.2, 0.25) is 0 Å². The molecule has 1 aliphatic rings. The Morgan fingerprint density at radius 1 is 1.38 bits per heavy atom. The molecule has 152 valence electrons. The van der Waals surface area contributed by atoms with Crippen LogP contribution < -0.4 is 10.6 Å². The predicted molar refractivity (Wildman–Crippen MR) is 109 cm³/mol. The number of fused-ring (bicyclic) bond motifs is 1. The molecule has 0 saturated heterocycles. The Kier molecular flexibility index (Phi) is 4.96. The van der Waals surface area contributed by atoms with Crippen molar-refractivity contribution >= 4 is 17.1 Å². The zero-order valence-corrected chi connectivity index (χ0v) is 16.4. The molecule has 29 heavy (non-hydrogen) atoms. The second kappa shape index (κ2) is 7.44. The molecule has 4 rings (SSSR count). The van der Waals surface area contributed by atoms with Crippen LogP contribution in [0.3, 0.4) is 0 Å². The van der Waals surface area contributed by atoms with E-state index in [1.807, 2.05) is 24.4 Å². The number of aliphatic hydroxyl groups is 1. The minimum Gasteiger partial charge on any atom is -0.387 e. The van der Waals surface area contributed by atoms with Crippen LogP contribution in [0.2, 0.25) is 0 Å². The summed E-state index contributed by atoms with van der Waals surface area (Å²) in [6.07, 6.45) is 7.36. The molecule has 3 aromatic heterocycles. The maximum Gasteiger partial charge on any atom is 0.255 e. The van der Waals surface area contributed by atoms with Gasteiger partial charge in [-0.05, 0) is 38.8 Å². The molecule has 0 spiro atoms. The molecule has 7 nitrogen and oxygen atoms in total. The van der Waals surface area contributed by atoms with Crippen LogP contribution in [0, 0.1) is 0 Å². The second-order valence-electron chi connectivity index (χ2n) is 7.98. The monoisotopic (exact) mass is 397 g/mol. The number of halogens is 1. The van der Waals surface area contributed by atoms with E-state index in [-0.39, 0.29) is 6.54 Å². The summed E-state index contributed by atoms with van der Waals surface area (Å²) < 4.78 is 15.8. The molecular weight excluding hydrogens is 373 g/mol. The van der Waals surface area contributed by atoms with Gasteiger partial charge in [-0.25, -0.2) is 8.91 Å². The number of carbonyl (C=O) groups is 1. The number of nitrogens with one attached hydrogen (secondary N) is 2. The summed E-state index contributed by atoms with van der Waals surface area (Å²) in [7, 11) is 0. The van der Waals surface area contributed by atoms with Crippen molar-refractivity contribution in [3.63, 3.8) is 0 Å². The average molecular weight is 397 g/mol. The molecular formula is C21H24FN5O2. The fraction of sp³-hybridized carbons (Fsp3) is 0.381. The molecule has 0 aliphatic heterocycles. The third-order valence-electron chi connectivity index (χ3n) is 5.01. The summed E-state index contributed by atoms with van der Waals surface area (Å²) >= 11 is 0. The fourth-order valence-corrected chi connectivity index (χ4v) is 3.03. The van der Waals surface area contributed by atoms with E-state index in [1.165, 1.54) is 20.0 Å². The van der Waals surface area contributed by atoms with Crippen LogP contribution in [0.5, 0.6) is 0 Å². The number of aromatic nitrogens is 3. The summed E-state index contributed by atoms with van der Waals surface area (Å²) in [4.78, 5) is 16.9. The van der Waals surface area contributed by atoms with E-state index < -0.39 is 17.7 Å². The highest BCUT2D eigenvalue weighted by Gasteiger charge is 2.29. The van der Waals surface area contributed by atoms with Crippen LogP contribution in [-0.4, -0.2) is 50.0 Å². The third kappa shape index (κ3) is 4.22. The molecule has 8 heteroatoms. The summed E-state index contributed by atoms with van der Waals surface area (Å²) in [5.74, 6) is -0.431. The van der Waals surface area contributed by atoms with Crippen molar-refractivity contribution in [2.45, 2.75) is 44.5 Å². The topological polar surface area (TPSA) is 91.5 Å². The lowest BCUT2D eigenvalue weighted by atomic mass is 10.0. The van der Waals surface area contributed by atoms with Crippen LogP contribution in [0.4, 0.5) is 10.1 Å². The molecule has 0 radical (unpaired) electrons. The first kappa shape index (κ1) is 19.3. The Hall–Kier alpha value is -3.00. The fourth-order valence-electron chi connectivity index (χ4n) is 3.03. The number of pyridine rings is 1. The quantitative estimate of drug-likeness (QED) is 0.570. The number of alkyl halides is 1. The number of rotatable bonds is 7. The molecule has 1 atom stereocenters. The van der Waals surface area contributed by atoms with Crippen molar-refractivity contribution in [2.24, 2.45) is 0 Å². The number of hydrogen-bond acceptors (Lipinski definition) is 5. The normalized spacial score (nSPS) is 15.3. The van der Waals surface area contributed by atoms with Gasteiger partial charge in [0.15, 0.2) is 0 Å². The van der Waals surface area contributed by atoms with Gasteiger partial charge < -0.3 is 15.7 Å². The lowest BCUT2D eigenvalue weighted by Gasteiger charge is -2.22. The molecule has 0 bridgehead atoms. The van der Waals surface area contributed by atoms with Gasteiger partial charge in [0.1, 0.15) is 6.17 Å². The minimum atomic E-state index is -1.58. The van der Waals surface area contributed by atoms with E-state index in [4.69, 9.17) is 0 Å². The molecule has 3 heterocycles. The molecule has 1 aliphatic carbocycles. The lowest BCUT2D eigenvalue weighted by Crippen LogP contribution is -2.42. The van der Waals surface area contributed by atoms with Crippen molar-refractivity contribution in [1.82, 2.24) is 19.9 Å². The van der Waals surface area contributed by atoms with Gasteiger partial charge in [-0.2, -0.15) is 5.10 Å². The van der Waals surface area contributed by atoms with Gasteiger partial charge in [0.25, 0.3) is 5.91 Å². The van der Waals surface area contributed by atoms with E-state index in [9.17, 15) is 14.3 Å². The Balaban J connectivity index is 1.67. The number of hydrogen-bond donors (Lipinski definition) is 3. The lowest BCUT2D eigenvalue weighted by molar-refractivity contribution is -0.00177. The zero-order chi connectivity index (χ0) is 20.6. The third-order valence-corrected chi connectivity index (χ3v) is 5.01. The van der Waals surface area contributed by atoms with E-state index in [0.29, 0.717) is 17.3 Å². The van der Waals surface area contributed by atoms with E-state index in [0.717, 1.165) is 29.5 Å². The number of amides is 1. The first-order valence-corrected chi connectivity index (χ1v) is 9.66. The van der Waals surface area contributed by atoms with Crippen molar-refractivity contribution in [3.05, 3.63) is 48.5 Å². The average Bonchev–Trinajstić information content (AvgIpc) is 3.40. The van der Waals surface area contributed by atoms with Gasteiger partial charge in [0, 0.05) is 35.8 Å². The SMILES string of the molecule is CC(C)(O)[C@H](F)CNC(=O)c1cnn2cc(-c3cccnc3)cc2c1NC1CC1. The first-order chi connectivity index (χ1) is 13.8. The highest BCUT2D eigenvalue weighted by Crippen LogP contribution is 2.32. The largest absolute Gasteiger partial charge is 0.387 e. The summed E-state index contributed by atoms with van der Waals surface area (Å²) in [5.41, 5.74) is 2.16. The zero-order valence-electron chi connectivity index (χ0n) is 16.4. The summed E-state index contributed by atoms with van der Waals surface area (Å²) in [6.45, 7) is 2.47. The maximum atomic E-state index is 14.0. The number of carbonyl (C=O) groups excluding carboxylic acids is 1. The van der Waals surface area contributed by atoms with Crippen molar-refractivity contribution in [2.75, 3.05) is 11.9 Å².